The van der Waals surface area contributed by atoms with Crippen LogP contribution in [-0.2, 0) is 0 Å². The summed E-state index contributed by atoms with van der Waals surface area (Å²) in [5.74, 6) is 0.541. The number of nitrogens with one attached hydrogen (secondary N) is 1. The van der Waals surface area contributed by atoms with Crippen molar-refractivity contribution in [2.45, 2.75) is 19.4 Å². The minimum Gasteiger partial charge on any atom is -0.491 e. The van der Waals surface area contributed by atoms with E-state index in [1.165, 1.54) is 0 Å². The lowest BCUT2D eigenvalue weighted by molar-refractivity contribution is 0.311. The maximum atomic E-state index is 13.3. The SMILES string of the molecule is CCCNC1COc2cc(Br)c(F)cc21. The molecule has 1 aliphatic rings. The number of hydrogen-bond donors (Lipinski definition) is 1. The van der Waals surface area contributed by atoms with Crippen molar-refractivity contribution in [3.8, 4) is 5.75 Å². The largest absolute Gasteiger partial charge is 0.491 e. The van der Waals surface area contributed by atoms with E-state index in [2.05, 4.69) is 28.2 Å². The number of hydrogen-bond acceptors (Lipinski definition) is 2. The summed E-state index contributed by atoms with van der Waals surface area (Å²) in [6, 6.07) is 3.36. The molecule has 0 spiro atoms. The van der Waals surface area contributed by atoms with Gasteiger partial charge < -0.3 is 10.1 Å². The van der Waals surface area contributed by atoms with Crippen LogP contribution in [0.2, 0.25) is 0 Å². The third kappa shape index (κ3) is 2.16. The van der Waals surface area contributed by atoms with Crippen molar-refractivity contribution >= 4 is 15.9 Å². The first kappa shape index (κ1) is 10.9. The van der Waals surface area contributed by atoms with Gasteiger partial charge in [-0.2, -0.15) is 0 Å². The Balaban J connectivity index is 2.22. The third-order valence-electron chi connectivity index (χ3n) is 2.47. The Morgan fingerprint density at radius 2 is 2.40 bits per heavy atom. The summed E-state index contributed by atoms with van der Waals surface area (Å²) in [7, 11) is 0. The molecular formula is C11H13BrFNO. The fourth-order valence-corrected chi connectivity index (χ4v) is 2.01. The maximum Gasteiger partial charge on any atom is 0.137 e. The van der Waals surface area contributed by atoms with Crippen molar-refractivity contribution in [1.29, 1.82) is 0 Å². The van der Waals surface area contributed by atoms with Gasteiger partial charge in [0, 0.05) is 5.56 Å². The zero-order valence-corrected chi connectivity index (χ0v) is 10.1. The van der Waals surface area contributed by atoms with Crippen LogP contribution in [0.3, 0.4) is 0 Å². The van der Waals surface area contributed by atoms with E-state index >= 15 is 0 Å². The second-order valence-electron chi connectivity index (χ2n) is 3.62. The molecule has 1 N–H and O–H groups in total. The molecule has 15 heavy (non-hydrogen) atoms. The molecule has 0 saturated carbocycles. The number of ether oxygens (including phenoxy) is 1. The predicted molar refractivity (Wildman–Crippen MR) is 60.6 cm³/mol. The third-order valence-corrected chi connectivity index (χ3v) is 3.08. The first-order valence-corrected chi connectivity index (χ1v) is 5.86. The Bertz CT molecular complexity index is 370. The number of fused-ring (bicyclic) bond motifs is 1. The standard InChI is InChI=1S/C11H13BrFNO/c1-2-3-14-10-6-15-11-5-8(12)9(13)4-7(10)11/h4-5,10,14H,2-3,6H2,1H3. The van der Waals surface area contributed by atoms with Crippen LogP contribution in [0, 0.1) is 5.82 Å². The van der Waals surface area contributed by atoms with Crippen molar-refractivity contribution < 1.29 is 9.13 Å². The molecule has 82 valence electrons. The Labute approximate surface area is 96.9 Å². The van der Waals surface area contributed by atoms with Gasteiger partial charge in [-0.1, -0.05) is 6.92 Å². The Kier molecular flexibility index (Phi) is 3.26. The molecule has 1 aliphatic heterocycles. The van der Waals surface area contributed by atoms with Crippen LogP contribution < -0.4 is 10.1 Å². The van der Waals surface area contributed by atoms with Gasteiger partial charge in [-0.15, -0.1) is 0 Å². The first-order valence-electron chi connectivity index (χ1n) is 5.07. The van der Waals surface area contributed by atoms with Gasteiger partial charge in [-0.05, 0) is 41.0 Å². The van der Waals surface area contributed by atoms with E-state index in [1.54, 1.807) is 12.1 Å². The van der Waals surface area contributed by atoms with E-state index in [0.717, 1.165) is 24.3 Å². The molecule has 0 fully saturated rings. The highest BCUT2D eigenvalue weighted by atomic mass is 79.9. The number of rotatable bonds is 3. The highest BCUT2D eigenvalue weighted by molar-refractivity contribution is 9.10. The van der Waals surface area contributed by atoms with Gasteiger partial charge in [0.2, 0.25) is 0 Å². The fourth-order valence-electron chi connectivity index (χ4n) is 1.69. The number of halogens is 2. The number of benzene rings is 1. The molecule has 0 saturated heterocycles. The molecule has 1 unspecified atom stereocenters. The molecule has 0 aromatic heterocycles. The molecule has 4 heteroatoms. The topological polar surface area (TPSA) is 21.3 Å². The van der Waals surface area contributed by atoms with Gasteiger partial charge >= 0.3 is 0 Å². The van der Waals surface area contributed by atoms with Crippen LogP contribution in [0.5, 0.6) is 5.75 Å². The summed E-state index contributed by atoms with van der Waals surface area (Å²) in [6.45, 7) is 3.61. The van der Waals surface area contributed by atoms with Crippen molar-refractivity contribution in [2.75, 3.05) is 13.2 Å². The van der Waals surface area contributed by atoms with Crippen LogP contribution in [0.15, 0.2) is 16.6 Å². The Morgan fingerprint density at radius 3 is 3.13 bits per heavy atom. The van der Waals surface area contributed by atoms with E-state index in [4.69, 9.17) is 4.74 Å². The smallest absolute Gasteiger partial charge is 0.137 e. The molecule has 1 atom stereocenters. The lowest BCUT2D eigenvalue weighted by Gasteiger charge is -2.10. The molecule has 1 aromatic carbocycles. The van der Waals surface area contributed by atoms with Gasteiger partial charge in [0.25, 0.3) is 0 Å². The van der Waals surface area contributed by atoms with Gasteiger partial charge in [0.15, 0.2) is 0 Å². The van der Waals surface area contributed by atoms with Crippen molar-refractivity contribution in [3.63, 3.8) is 0 Å². The Morgan fingerprint density at radius 1 is 1.60 bits per heavy atom. The molecule has 0 bridgehead atoms. The summed E-state index contributed by atoms with van der Waals surface area (Å²) in [5, 5.41) is 3.33. The summed E-state index contributed by atoms with van der Waals surface area (Å²) in [5.41, 5.74) is 0.921. The van der Waals surface area contributed by atoms with Gasteiger partial charge in [0.05, 0.1) is 10.5 Å². The maximum absolute atomic E-state index is 13.3. The second-order valence-corrected chi connectivity index (χ2v) is 4.48. The van der Waals surface area contributed by atoms with E-state index in [0.29, 0.717) is 11.1 Å². The van der Waals surface area contributed by atoms with Crippen molar-refractivity contribution in [3.05, 3.63) is 28.0 Å². The van der Waals surface area contributed by atoms with Gasteiger partial charge in [0.1, 0.15) is 18.2 Å². The van der Waals surface area contributed by atoms with E-state index < -0.39 is 0 Å². The normalized spacial score (nSPS) is 18.7. The molecule has 2 rings (SSSR count). The molecule has 1 aromatic rings. The first-order chi connectivity index (χ1) is 7.22. The minimum atomic E-state index is -0.234. The molecular weight excluding hydrogens is 261 g/mol. The van der Waals surface area contributed by atoms with Crippen LogP contribution in [-0.4, -0.2) is 13.2 Å². The molecule has 2 nitrogen and oxygen atoms in total. The van der Waals surface area contributed by atoms with Crippen molar-refractivity contribution in [2.24, 2.45) is 0 Å². The lowest BCUT2D eigenvalue weighted by atomic mass is 10.1. The summed E-state index contributed by atoms with van der Waals surface area (Å²) >= 11 is 3.15. The lowest BCUT2D eigenvalue weighted by Crippen LogP contribution is -2.23. The molecule has 0 aliphatic carbocycles. The monoisotopic (exact) mass is 273 g/mol. The van der Waals surface area contributed by atoms with E-state index in [9.17, 15) is 4.39 Å². The zero-order chi connectivity index (χ0) is 10.8. The van der Waals surface area contributed by atoms with Gasteiger partial charge in [-0.3, -0.25) is 0 Å². The summed E-state index contributed by atoms with van der Waals surface area (Å²) < 4.78 is 19.3. The molecule has 0 amide bonds. The quantitative estimate of drug-likeness (QED) is 0.914. The van der Waals surface area contributed by atoms with Crippen LogP contribution >= 0.6 is 15.9 Å². The van der Waals surface area contributed by atoms with Gasteiger partial charge in [-0.25, -0.2) is 4.39 Å². The van der Waals surface area contributed by atoms with E-state index in [-0.39, 0.29) is 11.9 Å². The average Bonchev–Trinajstić information content (AvgIpc) is 2.59. The predicted octanol–water partition coefficient (Wildman–Crippen LogP) is 3.02. The fraction of sp³-hybridized carbons (Fsp3) is 0.455. The van der Waals surface area contributed by atoms with Crippen LogP contribution in [0.25, 0.3) is 0 Å². The average molecular weight is 274 g/mol. The second kappa shape index (κ2) is 4.49. The highest BCUT2D eigenvalue weighted by Crippen LogP contribution is 2.35. The van der Waals surface area contributed by atoms with Crippen LogP contribution in [0.4, 0.5) is 4.39 Å². The van der Waals surface area contributed by atoms with E-state index in [1.807, 2.05) is 0 Å². The van der Waals surface area contributed by atoms with Crippen molar-refractivity contribution in [1.82, 2.24) is 5.32 Å². The molecule has 0 radical (unpaired) electrons. The van der Waals surface area contributed by atoms with Crippen LogP contribution in [0.1, 0.15) is 24.9 Å². The zero-order valence-electron chi connectivity index (χ0n) is 8.52. The summed E-state index contributed by atoms with van der Waals surface area (Å²) in [4.78, 5) is 0. The molecule has 1 heterocycles. The Hall–Kier alpha value is -0.610. The summed E-state index contributed by atoms with van der Waals surface area (Å²) in [6.07, 6.45) is 1.06. The minimum absolute atomic E-state index is 0.127. The highest BCUT2D eigenvalue weighted by Gasteiger charge is 2.24.